The van der Waals surface area contributed by atoms with Gasteiger partial charge in [-0.3, -0.25) is 4.79 Å². The molecule has 0 saturated carbocycles. The number of rotatable bonds is 3. The summed E-state index contributed by atoms with van der Waals surface area (Å²) in [7, 11) is 0. The minimum Gasteiger partial charge on any atom is -0.444 e. The molecular formula is C17H9F5N2O2. The van der Waals surface area contributed by atoms with Crippen molar-refractivity contribution < 1.29 is 31.2 Å². The highest BCUT2D eigenvalue weighted by Gasteiger charge is 2.30. The van der Waals surface area contributed by atoms with Gasteiger partial charge in [0.15, 0.2) is 5.69 Å². The third-order valence-corrected chi connectivity index (χ3v) is 3.38. The topological polar surface area (TPSA) is 55.1 Å². The fourth-order valence-electron chi connectivity index (χ4n) is 2.09. The molecule has 3 aromatic rings. The van der Waals surface area contributed by atoms with Crippen LogP contribution >= 0.6 is 0 Å². The first-order valence-corrected chi connectivity index (χ1v) is 7.13. The SMILES string of the molecule is O=C(Nc1ccc(F)cc1F)c1coc(-c2ccc(C(F)(F)F)cc2)n1. The Balaban J connectivity index is 1.77. The monoisotopic (exact) mass is 368 g/mol. The van der Waals surface area contributed by atoms with E-state index < -0.39 is 29.3 Å². The molecule has 0 saturated heterocycles. The number of nitrogens with zero attached hydrogens (tertiary/aromatic N) is 1. The van der Waals surface area contributed by atoms with Gasteiger partial charge < -0.3 is 9.73 Å². The smallest absolute Gasteiger partial charge is 0.416 e. The molecule has 0 fully saturated rings. The zero-order valence-corrected chi connectivity index (χ0v) is 12.8. The minimum atomic E-state index is -4.47. The third kappa shape index (κ3) is 3.71. The number of carbonyl (C=O) groups excluding carboxylic acids is 1. The number of nitrogens with one attached hydrogen (secondary N) is 1. The van der Waals surface area contributed by atoms with Crippen molar-refractivity contribution in [1.29, 1.82) is 0 Å². The van der Waals surface area contributed by atoms with Crippen LogP contribution in [-0.4, -0.2) is 10.9 Å². The maximum atomic E-state index is 13.5. The van der Waals surface area contributed by atoms with Crippen molar-refractivity contribution in [2.45, 2.75) is 6.18 Å². The zero-order chi connectivity index (χ0) is 18.9. The van der Waals surface area contributed by atoms with E-state index >= 15 is 0 Å². The van der Waals surface area contributed by atoms with Gasteiger partial charge in [-0.1, -0.05) is 0 Å². The van der Waals surface area contributed by atoms with Crippen LogP contribution in [0.5, 0.6) is 0 Å². The van der Waals surface area contributed by atoms with Crippen LogP contribution in [0.25, 0.3) is 11.5 Å². The van der Waals surface area contributed by atoms with Gasteiger partial charge in [-0.05, 0) is 36.4 Å². The Morgan fingerprint density at radius 3 is 2.35 bits per heavy atom. The van der Waals surface area contributed by atoms with Crippen molar-refractivity contribution in [3.8, 4) is 11.5 Å². The molecule has 134 valence electrons. The summed E-state index contributed by atoms with van der Waals surface area (Å²) in [6, 6.07) is 6.62. The number of benzene rings is 2. The second kappa shape index (κ2) is 6.58. The lowest BCUT2D eigenvalue weighted by atomic mass is 10.1. The highest BCUT2D eigenvalue weighted by atomic mass is 19.4. The van der Waals surface area contributed by atoms with Crippen molar-refractivity contribution in [1.82, 2.24) is 4.98 Å². The molecule has 0 aliphatic carbocycles. The second-order valence-corrected chi connectivity index (χ2v) is 5.19. The summed E-state index contributed by atoms with van der Waals surface area (Å²) in [5.74, 6) is -2.67. The van der Waals surface area contributed by atoms with E-state index in [2.05, 4.69) is 10.3 Å². The number of oxazole rings is 1. The van der Waals surface area contributed by atoms with E-state index in [9.17, 15) is 26.7 Å². The molecule has 0 spiro atoms. The molecule has 1 heterocycles. The van der Waals surface area contributed by atoms with Crippen LogP contribution in [0.15, 0.2) is 53.1 Å². The Bertz CT molecular complexity index is 949. The first-order chi connectivity index (χ1) is 12.2. The quantitative estimate of drug-likeness (QED) is 0.670. The Morgan fingerprint density at radius 2 is 1.73 bits per heavy atom. The Labute approximate surface area is 143 Å². The van der Waals surface area contributed by atoms with Crippen LogP contribution in [0.4, 0.5) is 27.6 Å². The molecule has 9 heteroatoms. The summed E-state index contributed by atoms with van der Waals surface area (Å²) in [6.07, 6.45) is -3.50. The summed E-state index contributed by atoms with van der Waals surface area (Å²) >= 11 is 0. The van der Waals surface area contributed by atoms with Gasteiger partial charge in [0.05, 0.1) is 11.3 Å². The van der Waals surface area contributed by atoms with Gasteiger partial charge in [-0.25, -0.2) is 13.8 Å². The van der Waals surface area contributed by atoms with Gasteiger partial charge in [0.2, 0.25) is 5.89 Å². The Morgan fingerprint density at radius 1 is 1.04 bits per heavy atom. The van der Waals surface area contributed by atoms with Crippen LogP contribution in [0, 0.1) is 11.6 Å². The predicted octanol–water partition coefficient (Wildman–Crippen LogP) is 4.89. The van der Waals surface area contributed by atoms with Crippen molar-refractivity contribution in [3.05, 3.63) is 71.6 Å². The maximum absolute atomic E-state index is 13.5. The van der Waals surface area contributed by atoms with Crippen LogP contribution in [0.2, 0.25) is 0 Å². The standard InChI is InChI=1S/C17H9F5N2O2/c18-11-5-6-13(12(19)7-11)23-15(25)14-8-26-16(24-14)9-1-3-10(4-2-9)17(20,21)22/h1-8H,(H,23,25). The van der Waals surface area contributed by atoms with Gasteiger partial charge in [-0.15, -0.1) is 0 Å². The minimum absolute atomic E-state index is 0.0801. The lowest BCUT2D eigenvalue weighted by molar-refractivity contribution is -0.137. The number of amides is 1. The summed E-state index contributed by atoms with van der Waals surface area (Å²) in [5.41, 5.74) is -1.08. The van der Waals surface area contributed by atoms with E-state index in [0.29, 0.717) is 6.07 Å². The molecule has 0 atom stereocenters. The second-order valence-electron chi connectivity index (χ2n) is 5.19. The van der Waals surface area contributed by atoms with Crippen molar-refractivity contribution in [3.63, 3.8) is 0 Å². The first-order valence-electron chi connectivity index (χ1n) is 7.13. The molecule has 1 N–H and O–H groups in total. The molecule has 0 radical (unpaired) electrons. The molecule has 1 aromatic heterocycles. The van der Waals surface area contributed by atoms with Gasteiger partial charge >= 0.3 is 6.18 Å². The van der Waals surface area contributed by atoms with Gasteiger partial charge in [-0.2, -0.15) is 13.2 Å². The van der Waals surface area contributed by atoms with Crippen LogP contribution in [-0.2, 0) is 6.18 Å². The number of alkyl halides is 3. The van der Waals surface area contributed by atoms with Crippen molar-refractivity contribution in [2.24, 2.45) is 0 Å². The fourth-order valence-corrected chi connectivity index (χ4v) is 2.09. The van der Waals surface area contributed by atoms with E-state index in [0.717, 1.165) is 42.7 Å². The molecule has 0 aliphatic heterocycles. The number of hydrogen-bond donors (Lipinski definition) is 1. The van der Waals surface area contributed by atoms with E-state index in [1.165, 1.54) is 0 Å². The average molecular weight is 368 g/mol. The van der Waals surface area contributed by atoms with Crippen LogP contribution in [0.1, 0.15) is 16.1 Å². The number of hydrogen-bond acceptors (Lipinski definition) is 3. The maximum Gasteiger partial charge on any atom is 0.416 e. The largest absolute Gasteiger partial charge is 0.444 e. The number of halogens is 5. The van der Waals surface area contributed by atoms with Crippen molar-refractivity contribution >= 4 is 11.6 Å². The van der Waals surface area contributed by atoms with E-state index in [1.807, 2.05) is 0 Å². The molecule has 1 amide bonds. The fraction of sp³-hybridized carbons (Fsp3) is 0.0588. The third-order valence-electron chi connectivity index (χ3n) is 3.38. The Kier molecular flexibility index (Phi) is 4.45. The Hall–Kier alpha value is -3.23. The molecule has 4 nitrogen and oxygen atoms in total. The zero-order valence-electron chi connectivity index (χ0n) is 12.8. The van der Waals surface area contributed by atoms with Crippen LogP contribution in [0.3, 0.4) is 0 Å². The number of carbonyl (C=O) groups is 1. The van der Waals surface area contributed by atoms with Gasteiger partial charge in [0.1, 0.15) is 17.9 Å². The highest BCUT2D eigenvalue weighted by Crippen LogP contribution is 2.30. The van der Waals surface area contributed by atoms with E-state index in [4.69, 9.17) is 4.42 Å². The highest BCUT2D eigenvalue weighted by molar-refractivity contribution is 6.02. The average Bonchev–Trinajstić information content (AvgIpc) is 3.07. The number of anilines is 1. The van der Waals surface area contributed by atoms with Crippen molar-refractivity contribution in [2.75, 3.05) is 5.32 Å². The molecular weight excluding hydrogens is 359 g/mol. The summed E-state index contributed by atoms with van der Waals surface area (Å²) in [6.45, 7) is 0. The molecule has 26 heavy (non-hydrogen) atoms. The number of aromatic nitrogens is 1. The molecule has 3 rings (SSSR count). The molecule has 0 bridgehead atoms. The molecule has 0 aliphatic rings. The van der Waals surface area contributed by atoms with Gasteiger partial charge in [0.25, 0.3) is 5.91 Å². The molecule has 0 unspecified atom stereocenters. The molecule has 2 aromatic carbocycles. The summed E-state index contributed by atoms with van der Waals surface area (Å²) in [4.78, 5) is 15.9. The van der Waals surface area contributed by atoms with E-state index in [-0.39, 0.29) is 22.8 Å². The normalized spacial score (nSPS) is 11.4. The first kappa shape index (κ1) is 17.6. The van der Waals surface area contributed by atoms with Crippen LogP contribution < -0.4 is 5.32 Å². The lowest BCUT2D eigenvalue weighted by Gasteiger charge is -2.06. The summed E-state index contributed by atoms with van der Waals surface area (Å²) in [5, 5.41) is 2.20. The summed E-state index contributed by atoms with van der Waals surface area (Å²) < 4.78 is 69.1. The lowest BCUT2D eigenvalue weighted by Crippen LogP contribution is -2.13. The van der Waals surface area contributed by atoms with Gasteiger partial charge in [0, 0.05) is 11.6 Å². The predicted molar refractivity (Wildman–Crippen MR) is 81.3 cm³/mol. The van der Waals surface area contributed by atoms with E-state index in [1.54, 1.807) is 0 Å².